The summed E-state index contributed by atoms with van der Waals surface area (Å²) in [5.74, 6) is 2.46. The van der Waals surface area contributed by atoms with Crippen molar-refractivity contribution in [3.63, 3.8) is 0 Å². The molecule has 1 heterocycles. The number of hydrogen-bond acceptors (Lipinski definition) is 3. The van der Waals surface area contributed by atoms with Crippen molar-refractivity contribution in [3.05, 3.63) is 0 Å². The summed E-state index contributed by atoms with van der Waals surface area (Å²) in [7, 11) is 0. The lowest BCUT2D eigenvalue weighted by atomic mass is 10.2. The zero-order valence-electron chi connectivity index (χ0n) is 9.25. The third-order valence-electron chi connectivity index (χ3n) is 2.40. The van der Waals surface area contributed by atoms with Gasteiger partial charge in [-0.25, -0.2) is 0 Å². The molecule has 3 nitrogen and oxygen atoms in total. The van der Waals surface area contributed by atoms with Gasteiger partial charge < -0.3 is 5.32 Å². The average molecular weight is 216 g/mol. The van der Waals surface area contributed by atoms with E-state index in [2.05, 4.69) is 10.2 Å². The van der Waals surface area contributed by atoms with Gasteiger partial charge in [0.1, 0.15) is 0 Å². The van der Waals surface area contributed by atoms with E-state index in [1.807, 2.05) is 32.5 Å². The van der Waals surface area contributed by atoms with Gasteiger partial charge in [-0.1, -0.05) is 0 Å². The molecule has 1 aliphatic heterocycles. The monoisotopic (exact) mass is 216 g/mol. The van der Waals surface area contributed by atoms with Crippen molar-refractivity contribution >= 4 is 17.7 Å². The molecule has 0 radical (unpaired) electrons. The number of hydrogen-bond donors (Lipinski definition) is 1. The fourth-order valence-electron chi connectivity index (χ4n) is 1.54. The van der Waals surface area contributed by atoms with Crippen molar-refractivity contribution in [2.75, 3.05) is 24.6 Å². The Morgan fingerprint density at radius 1 is 1.29 bits per heavy atom. The maximum absolute atomic E-state index is 11.7. The lowest BCUT2D eigenvalue weighted by Crippen LogP contribution is -2.49. The molecule has 1 saturated heterocycles. The standard InChI is InChI=1S/C10H20N2OS/c1-8(2)11-10(13)9(3)12-4-6-14-7-5-12/h8-9H,4-7H2,1-3H3,(H,11,13). The first kappa shape index (κ1) is 11.9. The molecule has 0 bridgehead atoms. The zero-order chi connectivity index (χ0) is 10.6. The van der Waals surface area contributed by atoms with Crippen molar-refractivity contribution in [1.82, 2.24) is 10.2 Å². The second-order valence-corrected chi connectivity index (χ2v) is 5.21. The summed E-state index contributed by atoms with van der Waals surface area (Å²) in [6.07, 6.45) is 0. The van der Waals surface area contributed by atoms with Gasteiger partial charge in [-0.05, 0) is 20.8 Å². The second-order valence-electron chi connectivity index (χ2n) is 3.99. The van der Waals surface area contributed by atoms with Crippen LogP contribution in [0.2, 0.25) is 0 Å². The molecular weight excluding hydrogens is 196 g/mol. The van der Waals surface area contributed by atoms with E-state index in [0.717, 1.165) is 24.6 Å². The van der Waals surface area contributed by atoms with Gasteiger partial charge in [0.25, 0.3) is 0 Å². The molecule has 1 fully saturated rings. The van der Waals surface area contributed by atoms with Gasteiger partial charge in [0.2, 0.25) is 5.91 Å². The fraction of sp³-hybridized carbons (Fsp3) is 0.900. The Hall–Kier alpha value is -0.220. The van der Waals surface area contributed by atoms with Gasteiger partial charge in [-0.2, -0.15) is 11.8 Å². The molecule has 1 N–H and O–H groups in total. The Morgan fingerprint density at radius 3 is 2.36 bits per heavy atom. The molecule has 1 unspecified atom stereocenters. The first-order chi connectivity index (χ1) is 6.61. The van der Waals surface area contributed by atoms with Crippen molar-refractivity contribution in [2.24, 2.45) is 0 Å². The normalized spacial score (nSPS) is 20.9. The molecule has 0 aromatic heterocycles. The van der Waals surface area contributed by atoms with Gasteiger partial charge in [0.15, 0.2) is 0 Å². The summed E-state index contributed by atoms with van der Waals surface area (Å²) in [4.78, 5) is 14.0. The van der Waals surface area contributed by atoms with Gasteiger partial charge in [0, 0.05) is 30.6 Å². The number of nitrogens with one attached hydrogen (secondary N) is 1. The van der Waals surface area contributed by atoms with E-state index in [0.29, 0.717) is 0 Å². The van der Waals surface area contributed by atoms with E-state index < -0.39 is 0 Å². The maximum atomic E-state index is 11.7. The van der Waals surface area contributed by atoms with Crippen LogP contribution in [0.25, 0.3) is 0 Å². The molecule has 1 amide bonds. The number of thioether (sulfide) groups is 1. The lowest BCUT2D eigenvalue weighted by Gasteiger charge is -2.31. The highest BCUT2D eigenvalue weighted by atomic mass is 32.2. The smallest absolute Gasteiger partial charge is 0.237 e. The molecule has 1 aliphatic rings. The first-order valence-electron chi connectivity index (χ1n) is 5.23. The van der Waals surface area contributed by atoms with Crippen LogP contribution in [0.5, 0.6) is 0 Å². The highest BCUT2D eigenvalue weighted by Gasteiger charge is 2.22. The molecule has 4 heteroatoms. The summed E-state index contributed by atoms with van der Waals surface area (Å²) < 4.78 is 0. The van der Waals surface area contributed by atoms with Crippen LogP contribution in [0.4, 0.5) is 0 Å². The molecule has 14 heavy (non-hydrogen) atoms. The Kier molecular flexibility index (Phi) is 4.75. The SMILES string of the molecule is CC(C)NC(=O)C(C)N1CCSCC1. The summed E-state index contributed by atoms with van der Waals surface area (Å²) in [5.41, 5.74) is 0. The quantitative estimate of drug-likeness (QED) is 0.762. The third-order valence-corrected chi connectivity index (χ3v) is 3.35. The van der Waals surface area contributed by atoms with Crippen LogP contribution in [-0.2, 0) is 4.79 Å². The molecule has 1 rings (SSSR count). The van der Waals surface area contributed by atoms with E-state index in [4.69, 9.17) is 0 Å². The largest absolute Gasteiger partial charge is 0.353 e. The Balaban J connectivity index is 2.38. The van der Waals surface area contributed by atoms with Crippen LogP contribution in [0, 0.1) is 0 Å². The van der Waals surface area contributed by atoms with Gasteiger partial charge in [-0.15, -0.1) is 0 Å². The molecule has 0 saturated carbocycles. The van der Waals surface area contributed by atoms with E-state index in [1.165, 1.54) is 0 Å². The zero-order valence-corrected chi connectivity index (χ0v) is 10.1. The van der Waals surface area contributed by atoms with Crippen molar-refractivity contribution < 1.29 is 4.79 Å². The van der Waals surface area contributed by atoms with Crippen LogP contribution in [0.1, 0.15) is 20.8 Å². The second kappa shape index (κ2) is 5.61. The summed E-state index contributed by atoms with van der Waals surface area (Å²) in [6.45, 7) is 8.07. The molecular formula is C10H20N2OS. The first-order valence-corrected chi connectivity index (χ1v) is 6.39. The maximum Gasteiger partial charge on any atom is 0.237 e. The van der Waals surface area contributed by atoms with E-state index in [9.17, 15) is 4.79 Å². The molecule has 0 aromatic rings. The van der Waals surface area contributed by atoms with E-state index in [1.54, 1.807) is 0 Å². The highest BCUT2D eigenvalue weighted by Crippen LogP contribution is 2.12. The predicted molar refractivity (Wildman–Crippen MR) is 61.6 cm³/mol. The number of amides is 1. The minimum atomic E-state index is 0.0262. The van der Waals surface area contributed by atoms with Gasteiger partial charge in [0.05, 0.1) is 6.04 Å². The molecule has 0 spiro atoms. The minimum Gasteiger partial charge on any atom is -0.353 e. The molecule has 0 aliphatic carbocycles. The number of nitrogens with zero attached hydrogens (tertiary/aromatic N) is 1. The Bertz CT molecular complexity index is 191. The molecule has 82 valence electrons. The van der Waals surface area contributed by atoms with Crippen LogP contribution in [0.15, 0.2) is 0 Å². The van der Waals surface area contributed by atoms with E-state index in [-0.39, 0.29) is 18.0 Å². The van der Waals surface area contributed by atoms with Gasteiger partial charge in [-0.3, -0.25) is 9.69 Å². The number of carbonyl (C=O) groups is 1. The van der Waals surface area contributed by atoms with Crippen molar-refractivity contribution in [3.8, 4) is 0 Å². The van der Waals surface area contributed by atoms with E-state index >= 15 is 0 Å². The predicted octanol–water partition coefficient (Wildman–Crippen LogP) is 0.948. The lowest BCUT2D eigenvalue weighted by molar-refractivity contribution is -0.126. The van der Waals surface area contributed by atoms with Crippen LogP contribution < -0.4 is 5.32 Å². The number of carbonyl (C=O) groups excluding carboxylic acids is 1. The fourth-order valence-corrected chi connectivity index (χ4v) is 2.47. The Labute approximate surface area is 90.6 Å². The summed E-state index contributed by atoms with van der Waals surface area (Å²) in [5, 5.41) is 2.95. The van der Waals surface area contributed by atoms with Crippen molar-refractivity contribution in [1.29, 1.82) is 0 Å². The van der Waals surface area contributed by atoms with Gasteiger partial charge >= 0.3 is 0 Å². The van der Waals surface area contributed by atoms with Crippen LogP contribution >= 0.6 is 11.8 Å². The van der Waals surface area contributed by atoms with Crippen molar-refractivity contribution in [2.45, 2.75) is 32.9 Å². The number of rotatable bonds is 3. The van der Waals surface area contributed by atoms with Crippen LogP contribution in [-0.4, -0.2) is 47.5 Å². The van der Waals surface area contributed by atoms with Crippen LogP contribution in [0.3, 0.4) is 0 Å². The highest BCUT2D eigenvalue weighted by molar-refractivity contribution is 7.99. The topological polar surface area (TPSA) is 32.3 Å². The average Bonchev–Trinajstić information content (AvgIpc) is 2.17. The molecule has 1 atom stereocenters. The third kappa shape index (κ3) is 3.50. The molecule has 0 aromatic carbocycles. The minimum absolute atomic E-state index is 0.0262. The Morgan fingerprint density at radius 2 is 1.86 bits per heavy atom. The summed E-state index contributed by atoms with van der Waals surface area (Å²) >= 11 is 1.97. The summed E-state index contributed by atoms with van der Waals surface area (Å²) in [6, 6.07) is 0.266.